The van der Waals surface area contributed by atoms with Gasteiger partial charge in [-0.15, -0.1) is 0 Å². The number of aliphatic hydroxyl groups excluding tert-OH is 1. The van der Waals surface area contributed by atoms with Gasteiger partial charge in [-0.2, -0.15) is 0 Å². The third kappa shape index (κ3) is 4.96. The summed E-state index contributed by atoms with van der Waals surface area (Å²) in [7, 11) is 0. The molecule has 0 aliphatic heterocycles. The van der Waals surface area contributed by atoms with E-state index in [-0.39, 0.29) is 6.61 Å². The predicted molar refractivity (Wildman–Crippen MR) is 87.4 cm³/mol. The summed E-state index contributed by atoms with van der Waals surface area (Å²) in [4.78, 5) is 0. The van der Waals surface area contributed by atoms with Crippen LogP contribution in [0.15, 0.2) is 42.5 Å². The average molecular weight is 306 g/mol. The van der Waals surface area contributed by atoms with Crippen LogP contribution in [0.4, 0.5) is 5.69 Å². The summed E-state index contributed by atoms with van der Waals surface area (Å²) in [6.45, 7) is 4.82. The first-order chi connectivity index (χ1) is 10.0. The fourth-order valence-corrected chi connectivity index (χ4v) is 2.00. The molecule has 3 nitrogen and oxygen atoms in total. The van der Waals surface area contributed by atoms with Crippen molar-refractivity contribution in [2.24, 2.45) is 0 Å². The molecule has 0 saturated heterocycles. The fourth-order valence-electron chi connectivity index (χ4n) is 1.87. The van der Waals surface area contributed by atoms with Gasteiger partial charge in [0, 0.05) is 17.3 Å². The number of rotatable bonds is 6. The van der Waals surface area contributed by atoms with Crippen LogP contribution in [0.2, 0.25) is 5.02 Å². The number of anilines is 1. The van der Waals surface area contributed by atoms with Gasteiger partial charge in [0.1, 0.15) is 18.5 Å². The van der Waals surface area contributed by atoms with Gasteiger partial charge >= 0.3 is 0 Å². The molecule has 21 heavy (non-hydrogen) atoms. The molecule has 1 atom stereocenters. The van der Waals surface area contributed by atoms with E-state index in [1.165, 1.54) is 11.1 Å². The first-order valence-corrected chi connectivity index (χ1v) is 7.30. The Morgan fingerprint density at radius 3 is 2.48 bits per heavy atom. The first kappa shape index (κ1) is 15.7. The molecule has 0 radical (unpaired) electrons. The van der Waals surface area contributed by atoms with Crippen LogP contribution in [0, 0.1) is 13.8 Å². The SMILES string of the molecule is Cc1ccc(NCC(O)COc2ccc(Cl)cc2)cc1C. The quantitative estimate of drug-likeness (QED) is 0.853. The summed E-state index contributed by atoms with van der Waals surface area (Å²) >= 11 is 5.80. The standard InChI is InChI=1S/C17H20ClNO2/c1-12-3-6-15(9-13(12)2)19-10-16(20)11-21-17-7-4-14(18)5-8-17/h3-9,16,19-20H,10-11H2,1-2H3. The number of benzene rings is 2. The Labute approximate surface area is 130 Å². The lowest BCUT2D eigenvalue weighted by molar-refractivity contribution is 0.117. The van der Waals surface area contributed by atoms with E-state index in [9.17, 15) is 5.11 Å². The molecule has 2 rings (SSSR count). The molecule has 0 aromatic heterocycles. The van der Waals surface area contributed by atoms with Crippen LogP contribution in [0.3, 0.4) is 0 Å². The molecule has 4 heteroatoms. The minimum atomic E-state index is -0.581. The van der Waals surface area contributed by atoms with Crippen LogP contribution in [0.1, 0.15) is 11.1 Å². The molecule has 0 amide bonds. The molecule has 2 aromatic carbocycles. The van der Waals surface area contributed by atoms with Gasteiger partial charge in [0.2, 0.25) is 0 Å². The summed E-state index contributed by atoms with van der Waals surface area (Å²) in [5, 5.41) is 13.8. The highest BCUT2D eigenvalue weighted by Gasteiger charge is 2.06. The molecule has 0 fully saturated rings. The summed E-state index contributed by atoms with van der Waals surface area (Å²) in [5.41, 5.74) is 3.49. The van der Waals surface area contributed by atoms with Crippen LogP contribution >= 0.6 is 11.6 Å². The van der Waals surface area contributed by atoms with E-state index >= 15 is 0 Å². The fraction of sp³-hybridized carbons (Fsp3) is 0.294. The number of aliphatic hydroxyl groups is 1. The summed E-state index contributed by atoms with van der Waals surface area (Å²) in [6.07, 6.45) is -0.581. The van der Waals surface area contributed by atoms with E-state index in [0.29, 0.717) is 17.3 Å². The molecule has 0 spiro atoms. The van der Waals surface area contributed by atoms with E-state index in [2.05, 4.69) is 31.3 Å². The van der Waals surface area contributed by atoms with Crippen molar-refractivity contribution in [3.63, 3.8) is 0 Å². The second-order valence-corrected chi connectivity index (χ2v) is 5.54. The number of ether oxygens (including phenoxy) is 1. The van der Waals surface area contributed by atoms with Crippen molar-refractivity contribution >= 4 is 17.3 Å². The predicted octanol–water partition coefficient (Wildman–Crippen LogP) is 3.81. The highest BCUT2D eigenvalue weighted by atomic mass is 35.5. The van der Waals surface area contributed by atoms with Gasteiger partial charge < -0.3 is 15.2 Å². The van der Waals surface area contributed by atoms with E-state index < -0.39 is 6.10 Å². The lowest BCUT2D eigenvalue weighted by atomic mass is 10.1. The lowest BCUT2D eigenvalue weighted by Gasteiger charge is -2.14. The summed E-state index contributed by atoms with van der Waals surface area (Å²) in [6, 6.07) is 13.2. The molecule has 0 bridgehead atoms. The minimum Gasteiger partial charge on any atom is -0.491 e. The zero-order valence-corrected chi connectivity index (χ0v) is 13.0. The largest absolute Gasteiger partial charge is 0.491 e. The normalized spacial score (nSPS) is 12.0. The van der Waals surface area contributed by atoms with Crippen molar-refractivity contribution in [3.05, 3.63) is 58.6 Å². The Bertz CT molecular complexity index is 584. The second kappa shape index (κ2) is 7.34. The van der Waals surface area contributed by atoms with Gasteiger partial charge in [0.05, 0.1) is 0 Å². The maximum atomic E-state index is 9.94. The zero-order chi connectivity index (χ0) is 15.2. The molecule has 112 valence electrons. The minimum absolute atomic E-state index is 0.236. The van der Waals surface area contributed by atoms with Crippen molar-refractivity contribution in [2.45, 2.75) is 20.0 Å². The molecule has 1 unspecified atom stereocenters. The zero-order valence-electron chi connectivity index (χ0n) is 12.3. The summed E-state index contributed by atoms with van der Waals surface area (Å²) in [5.74, 6) is 0.699. The molecular formula is C17H20ClNO2. The Kier molecular flexibility index (Phi) is 5.48. The Morgan fingerprint density at radius 1 is 1.10 bits per heavy atom. The van der Waals surface area contributed by atoms with Gasteiger partial charge in [-0.3, -0.25) is 0 Å². The highest BCUT2D eigenvalue weighted by Crippen LogP contribution is 2.16. The number of halogens is 1. The molecule has 0 aliphatic rings. The van der Waals surface area contributed by atoms with Crippen molar-refractivity contribution < 1.29 is 9.84 Å². The van der Waals surface area contributed by atoms with Gasteiger partial charge in [0.15, 0.2) is 0 Å². The summed E-state index contributed by atoms with van der Waals surface area (Å²) < 4.78 is 5.51. The van der Waals surface area contributed by atoms with Gasteiger partial charge in [0.25, 0.3) is 0 Å². The van der Waals surface area contributed by atoms with Crippen molar-refractivity contribution in [1.82, 2.24) is 0 Å². The molecule has 0 saturated carbocycles. The third-order valence-corrected chi connectivity index (χ3v) is 3.56. The van der Waals surface area contributed by atoms with Crippen molar-refractivity contribution in [3.8, 4) is 5.75 Å². The number of nitrogens with one attached hydrogen (secondary N) is 1. The number of hydrogen-bond donors (Lipinski definition) is 2. The Balaban J connectivity index is 1.77. The van der Waals surface area contributed by atoms with Crippen LogP contribution < -0.4 is 10.1 Å². The van der Waals surface area contributed by atoms with Crippen LogP contribution in [0.5, 0.6) is 5.75 Å². The van der Waals surface area contributed by atoms with E-state index in [0.717, 1.165) is 5.69 Å². The Hall–Kier alpha value is -1.71. The number of hydrogen-bond acceptors (Lipinski definition) is 3. The van der Waals surface area contributed by atoms with Gasteiger partial charge in [-0.1, -0.05) is 17.7 Å². The molecular weight excluding hydrogens is 286 g/mol. The van der Waals surface area contributed by atoms with Gasteiger partial charge in [-0.25, -0.2) is 0 Å². The van der Waals surface area contributed by atoms with Crippen molar-refractivity contribution in [2.75, 3.05) is 18.5 Å². The van der Waals surface area contributed by atoms with E-state index in [4.69, 9.17) is 16.3 Å². The maximum absolute atomic E-state index is 9.94. The molecule has 2 aromatic rings. The Morgan fingerprint density at radius 2 is 1.81 bits per heavy atom. The monoisotopic (exact) mass is 305 g/mol. The van der Waals surface area contributed by atoms with E-state index in [1.807, 2.05) is 6.07 Å². The van der Waals surface area contributed by atoms with E-state index in [1.54, 1.807) is 24.3 Å². The lowest BCUT2D eigenvalue weighted by Crippen LogP contribution is -2.26. The second-order valence-electron chi connectivity index (χ2n) is 5.10. The van der Waals surface area contributed by atoms with Crippen LogP contribution in [0.25, 0.3) is 0 Å². The average Bonchev–Trinajstić information content (AvgIpc) is 2.48. The third-order valence-electron chi connectivity index (χ3n) is 3.30. The molecule has 0 aliphatic carbocycles. The topological polar surface area (TPSA) is 41.5 Å². The smallest absolute Gasteiger partial charge is 0.119 e. The van der Waals surface area contributed by atoms with Crippen LogP contribution in [-0.2, 0) is 0 Å². The maximum Gasteiger partial charge on any atom is 0.119 e. The van der Waals surface area contributed by atoms with Crippen LogP contribution in [-0.4, -0.2) is 24.4 Å². The van der Waals surface area contributed by atoms with Crippen molar-refractivity contribution in [1.29, 1.82) is 0 Å². The highest BCUT2D eigenvalue weighted by molar-refractivity contribution is 6.30. The van der Waals surface area contributed by atoms with Gasteiger partial charge in [-0.05, 0) is 61.4 Å². The molecule has 2 N–H and O–H groups in total. The first-order valence-electron chi connectivity index (χ1n) is 6.92. The molecule has 0 heterocycles. The number of aryl methyl sites for hydroxylation is 2.